The average Bonchev–Trinajstić information content (AvgIpc) is 3.05. The second kappa shape index (κ2) is 10.9. The lowest BCUT2D eigenvalue weighted by molar-refractivity contribution is -0.116. The van der Waals surface area contributed by atoms with Crippen molar-refractivity contribution in [2.24, 2.45) is 5.73 Å². The standard InChI is InChI=1S/C29H29BrN4O3/c30-21-10-6-9-20(15-21)29(37)34-25-14-13-19(28(36)33-23-12-5-4-11-22(23)31)16-24(25)32-27(35)17-26(34)18-7-2-1-3-8-18/h1-3,6-10,13-16,22-23,26H,4-5,11-12,17,31H2,(H,32,35)(H,33,36). The molecule has 3 amide bonds. The van der Waals surface area contributed by atoms with Crippen LogP contribution < -0.4 is 21.3 Å². The van der Waals surface area contributed by atoms with Crippen molar-refractivity contribution < 1.29 is 14.4 Å². The average molecular weight is 561 g/mol. The van der Waals surface area contributed by atoms with E-state index in [0.29, 0.717) is 22.5 Å². The minimum Gasteiger partial charge on any atom is -0.348 e. The molecule has 0 radical (unpaired) electrons. The van der Waals surface area contributed by atoms with Crippen molar-refractivity contribution in [1.29, 1.82) is 0 Å². The first kappa shape index (κ1) is 25.2. The zero-order chi connectivity index (χ0) is 25.9. The quantitative estimate of drug-likeness (QED) is 0.409. The Balaban J connectivity index is 1.54. The third-order valence-corrected chi connectivity index (χ3v) is 7.59. The molecule has 1 saturated carbocycles. The van der Waals surface area contributed by atoms with Gasteiger partial charge in [0.25, 0.3) is 11.8 Å². The first-order valence-electron chi connectivity index (χ1n) is 12.5. The van der Waals surface area contributed by atoms with Crippen LogP contribution in [0.15, 0.2) is 77.3 Å². The van der Waals surface area contributed by atoms with E-state index in [9.17, 15) is 14.4 Å². The molecule has 5 rings (SSSR count). The monoisotopic (exact) mass is 560 g/mol. The summed E-state index contributed by atoms with van der Waals surface area (Å²) in [5.74, 6) is -0.710. The fourth-order valence-electron chi connectivity index (χ4n) is 5.17. The maximum Gasteiger partial charge on any atom is 0.258 e. The lowest BCUT2D eigenvalue weighted by Crippen LogP contribution is -2.49. The minimum atomic E-state index is -0.520. The van der Waals surface area contributed by atoms with Crippen LogP contribution in [0.3, 0.4) is 0 Å². The van der Waals surface area contributed by atoms with Gasteiger partial charge in [-0.05, 0) is 54.8 Å². The van der Waals surface area contributed by atoms with Crippen LogP contribution in [0.25, 0.3) is 0 Å². The van der Waals surface area contributed by atoms with Gasteiger partial charge in [0.2, 0.25) is 5.91 Å². The smallest absolute Gasteiger partial charge is 0.258 e. The van der Waals surface area contributed by atoms with Crippen LogP contribution in [0.1, 0.15) is 64.4 Å². The van der Waals surface area contributed by atoms with Crippen molar-refractivity contribution in [2.45, 2.75) is 50.2 Å². The Morgan fingerprint density at radius 1 is 0.946 bits per heavy atom. The Morgan fingerprint density at radius 3 is 2.49 bits per heavy atom. The number of halogens is 1. The highest BCUT2D eigenvalue weighted by atomic mass is 79.9. The molecule has 3 aromatic carbocycles. The molecule has 1 aliphatic carbocycles. The van der Waals surface area contributed by atoms with Gasteiger partial charge in [0.15, 0.2) is 0 Å². The van der Waals surface area contributed by atoms with Gasteiger partial charge in [-0.25, -0.2) is 0 Å². The fourth-order valence-corrected chi connectivity index (χ4v) is 5.57. The molecule has 1 heterocycles. The van der Waals surface area contributed by atoms with Crippen LogP contribution in [0, 0.1) is 0 Å². The second-order valence-electron chi connectivity index (χ2n) is 9.62. The summed E-state index contributed by atoms with van der Waals surface area (Å²) in [5.41, 5.74) is 8.93. The number of fused-ring (bicyclic) bond motifs is 1. The Labute approximate surface area is 224 Å². The molecule has 4 N–H and O–H groups in total. The zero-order valence-corrected chi connectivity index (χ0v) is 21.9. The predicted octanol–water partition coefficient (Wildman–Crippen LogP) is 5.18. The molecule has 0 saturated heterocycles. The summed E-state index contributed by atoms with van der Waals surface area (Å²) in [7, 11) is 0. The summed E-state index contributed by atoms with van der Waals surface area (Å²) < 4.78 is 0.784. The number of benzene rings is 3. The molecule has 2 aliphatic rings. The summed E-state index contributed by atoms with van der Waals surface area (Å²) in [6.07, 6.45) is 3.92. The van der Waals surface area contributed by atoms with Crippen LogP contribution in [0.5, 0.6) is 0 Å². The van der Waals surface area contributed by atoms with Crippen LogP contribution in [0.4, 0.5) is 11.4 Å². The number of carbonyl (C=O) groups is 3. The van der Waals surface area contributed by atoms with Crippen molar-refractivity contribution in [3.05, 3.63) is 94.0 Å². The van der Waals surface area contributed by atoms with E-state index in [-0.39, 0.29) is 36.2 Å². The van der Waals surface area contributed by atoms with Crippen molar-refractivity contribution in [3.8, 4) is 0 Å². The SMILES string of the molecule is NC1CCCCC1NC(=O)c1ccc2c(c1)NC(=O)CC(c1ccccc1)N2C(=O)c1cccc(Br)c1. The number of carbonyl (C=O) groups excluding carboxylic acids is 3. The molecule has 1 fully saturated rings. The summed E-state index contributed by atoms with van der Waals surface area (Å²) in [5, 5.41) is 5.99. The summed E-state index contributed by atoms with van der Waals surface area (Å²) in [4.78, 5) is 41.8. The number of nitrogens with two attached hydrogens (primary N) is 1. The van der Waals surface area contributed by atoms with Crippen molar-refractivity contribution in [1.82, 2.24) is 5.32 Å². The molecule has 3 atom stereocenters. The van der Waals surface area contributed by atoms with E-state index < -0.39 is 6.04 Å². The highest BCUT2D eigenvalue weighted by Gasteiger charge is 2.35. The summed E-state index contributed by atoms with van der Waals surface area (Å²) in [6, 6.07) is 21.1. The molecule has 0 bridgehead atoms. The van der Waals surface area contributed by atoms with Crippen LogP contribution in [-0.2, 0) is 4.79 Å². The van der Waals surface area contributed by atoms with E-state index in [1.165, 1.54) is 0 Å². The Morgan fingerprint density at radius 2 is 1.73 bits per heavy atom. The topological polar surface area (TPSA) is 105 Å². The van der Waals surface area contributed by atoms with Gasteiger partial charge in [-0.1, -0.05) is 65.2 Å². The summed E-state index contributed by atoms with van der Waals surface area (Å²) in [6.45, 7) is 0. The maximum atomic E-state index is 13.9. The number of hydrogen-bond donors (Lipinski definition) is 3. The van der Waals surface area contributed by atoms with Crippen LogP contribution in [-0.4, -0.2) is 29.8 Å². The molecule has 7 nitrogen and oxygen atoms in total. The number of anilines is 2. The molecular formula is C29H29BrN4O3. The Hall–Kier alpha value is -3.49. The first-order valence-corrected chi connectivity index (χ1v) is 13.3. The van der Waals surface area contributed by atoms with E-state index in [1.54, 1.807) is 41.3 Å². The van der Waals surface area contributed by atoms with Crippen LogP contribution >= 0.6 is 15.9 Å². The Bertz CT molecular complexity index is 1330. The molecule has 8 heteroatoms. The van der Waals surface area contributed by atoms with E-state index in [2.05, 4.69) is 26.6 Å². The van der Waals surface area contributed by atoms with Crippen LogP contribution in [0.2, 0.25) is 0 Å². The van der Waals surface area contributed by atoms with E-state index in [4.69, 9.17) is 5.73 Å². The third-order valence-electron chi connectivity index (χ3n) is 7.09. The lowest BCUT2D eigenvalue weighted by Gasteiger charge is -2.31. The van der Waals surface area contributed by atoms with E-state index in [0.717, 1.165) is 35.7 Å². The molecule has 37 heavy (non-hydrogen) atoms. The zero-order valence-electron chi connectivity index (χ0n) is 20.3. The molecule has 1 aliphatic heterocycles. The predicted molar refractivity (Wildman–Crippen MR) is 148 cm³/mol. The van der Waals surface area contributed by atoms with Gasteiger partial charge in [-0.2, -0.15) is 0 Å². The third kappa shape index (κ3) is 5.45. The number of nitrogens with one attached hydrogen (secondary N) is 2. The van der Waals surface area contributed by atoms with Crippen molar-refractivity contribution in [3.63, 3.8) is 0 Å². The van der Waals surface area contributed by atoms with Gasteiger partial charge in [0.05, 0.1) is 23.8 Å². The van der Waals surface area contributed by atoms with Crippen molar-refractivity contribution >= 4 is 45.0 Å². The number of nitrogens with zero attached hydrogens (tertiary/aromatic N) is 1. The molecule has 0 aromatic heterocycles. The van der Waals surface area contributed by atoms with Gasteiger partial charge >= 0.3 is 0 Å². The largest absolute Gasteiger partial charge is 0.348 e. The van der Waals surface area contributed by atoms with Gasteiger partial charge in [-0.15, -0.1) is 0 Å². The molecule has 3 aromatic rings. The number of amides is 3. The highest BCUT2D eigenvalue weighted by Crippen LogP contribution is 2.40. The Kier molecular flexibility index (Phi) is 7.39. The first-order chi connectivity index (χ1) is 17.9. The minimum absolute atomic E-state index is 0.0665. The molecular weight excluding hydrogens is 532 g/mol. The van der Waals surface area contributed by atoms with Crippen molar-refractivity contribution in [2.75, 3.05) is 10.2 Å². The van der Waals surface area contributed by atoms with Gasteiger partial charge in [-0.3, -0.25) is 19.3 Å². The van der Waals surface area contributed by atoms with E-state index in [1.807, 2.05) is 36.4 Å². The second-order valence-corrected chi connectivity index (χ2v) is 10.5. The molecule has 0 spiro atoms. The number of rotatable bonds is 4. The maximum absolute atomic E-state index is 13.9. The number of hydrogen-bond acceptors (Lipinski definition) is 4. The molecule has 3 unspecified atom stereocenters. The van der Waals surface area contributed by atoms with E-state index >= 15 is 0 Å². The molecule has 190 valence electrons. The fraction of sp³-hybridized carbons (Fsp3) is 0.276. The van der Waals surface area contributed by atoms with Gasteiger partial charge < -0.3 is 16.4 Å². The normalized spacial score (nSPS) is 21.4. The van der Waals surface area contributed by atoms with Gasteiger partial charge in [0, 0.05) is 27.7 Å². The lowest BCUT2D eigenvalue weighted by atomic mass is 9.91. The highest BCUT2D eigenvalue weighted by molar-refractivity contribution is 9.10. The summed E-state index contributed by atoms with van der Waals surface area (Å²) >= 11 is 3.45. The van der Waals surface area contributed by atoms with Gasteiger partial charge in [0.1, 0.15) is 0 Å².